The molecule has 176 valence electrons. The Bertz CT molecular complexity index is 1420. The zero-order valence-electron chi connectivity index (χ0n) is 18.4. The van der Waals surface area contributed by atoms with Crippen molar-refractivity contribution >= 4 is 46.4 Å². The maximum atomic E-state index is 14.0. The van der Waals surface area contributed by atoms with Crippen molar-refractivity contribution in [1.29, 1.82) is 0 Å². The van der Waals surface area contributed by atoms with E-state index < -0.39 is 23.5 Å². The van der Waals surface area contributed by atoms with Crippen LogP contribution in [0.4, 0.5) is 21.5 Å². The lowest BCUT2D eigenvalue weighted by Crippen LogP contribution is -2.18. The number of anilines is 3. The summed E-state index contributed by atoms with van der Waals surface area (Å²) in [6.45, 7) is 1.75. The summed E-state index contributed by atoms with van der Waals surface area (Å²) in [5.41, 5.74) is 1.74. The average molecular weight is 492 g/mol. The van der Waals surface area contributed by atoms with Gasteiger partial charge in [-0.15, -0.1) is 0 Å². The van der Waals surface area contributed by atoms with Crippen molar-refractivity contribution in [3.63, 3.8) is 0 Å². The van der Waals surface area contributed by atoms with Gasteiger partial charge in [-0.3, -0.25) is 14.4 Å². The third kappa shape index (κ3) is 5.56. The smallest absolute Gasteiger partial charge is 0.291 e. The first-order valence-electron chi connectivity index (χ1n) is 10.4. The summed E-state index contributed by atoms with van der Waals surface area (Å²) >= 11 is 6.07. The van der Waals surface area contributed by atoms with E-state index in [1.807, 2.05) is 0 Å². The molecule has 0 aliphatic rings. The van der Waals surface area contributed by atoms with Crippen LogP contribution >= 0.6 is 11.6 Å². The molecular weight excluding hydrogens is 473 g/mol. The summed E-state index contributed by atoms with van der Waals surface area (Å²) in [6, 6.07) is 18.0. The third-order valence-corrected chi connectivity index (χ3v) is 5.32. The van der Waals surface area contributed by atoms with Crippen LogP contribution in [0.2, 0.25) is 5.02 Å². The van der Waals surface area contributed by atoms with Gasteiger partial charge in [0.15, 0.2) is 5.76 Å². The Labute approximate surface area is 204 Å². The van der Waals surface area contributed by atoms with Crippen molar-refractivity contribution in [1.82, 2.24) is 0 Å². The average Bonchev–Trinajstić information content (AvgIpc) is 3.37. The topological polar surface area (TPSA) is 100 Å². The summed E-state index contributed by atoms with van der Waals surface area (Å²) in [5.74, 6) is -2.20. The monoisotopic (exact) mass is 491 g/mol. The molecule has 0 aliphatic carbocycles. The lowest BCUT2D eigenvalue weighted by Gasteiger charge is -2.14. The molecule has 1 aromatic heterocycles. The van der Waals surface area contributed by atoms with Crippen LogP contribution < -0.4 is 16.0 Å². The van der Waals surface area contributed by atoms with Gasteiger partial charge in [0.25, 0.3) is 17.7 Å². The number of rotatable bonds is 6. The van der Waals surface area contributed by atoms with Crippen LogP contribution in [0.5, 0.6) is 0 Å². The maximum absolute atomic E-state index is 14.0. The van der Waals surface area contributed by atoms with Crippen molar-refractivity contribution in [2.45, 2.75) is 6.92 Å². The second kappa shape index (κ2) is 10.2. The Morgan fingerprint density at radius 2 is 1.51 bits per heavy atom. The van der Waals surface area contributed by atoms with Gasteiger partial charge >= 0.3 is 0 Å². The van der Waals surface area contributed by atoms with Gasteiger partial charge in [0.05, 0.1) is 23.2 Å². The van der Waals surface area contributed by atoms with Gasteiger partial charge in [-0.2, -0.15) is 0 Å². The number of amides is 3. The van der Waals surface area contributed by atoms with Crippen LogP contribution in [-0.4, -0.2) is 17.7 Å². The molecule has 0 saturated carbocycles. The fraction of sp³-hybridized carbons (Fsp3) is 0.0385. The number of hydrogen-bond acceptors (Lipinski definition) is 4. The van der Waals surface area contributed by atoms with Gasteiger partial charge in [-0.25, -0.2) is 4.39 Å². The molecule has 0 radical (unpaired) electrons. The number of aryl methyl sites for hydroxylation is 1. The maximum Gasteiger partial charge on any atom is 0.291 e. The molecule has 3 N–H and O–H groups in total. The van der Waals surface area contributed by atoms with Crippen LogP contribution in [0.15, 0.2) is 83.5 Å². The van der Waals surface area contributed by atoms with Gasteiger partial charge in [0.1, 0.15) is 5.82 Å². The number of carbonyl (C=O) groups is 3. The Morgan fingerprint density at radius 3 is 2.26 bits per heavy atom. The number of halogens is 2. The van der Waals surface area contributed by atoms with E-state index in [4.69, 9.17) is 16.0 Å². The summed E-state index contributed by atoms with van der Waals surface area (Å²) in [6.07, 6.45) is 1.37. The van der Waals surface area contributed by atoms with Gasteiger partial charge in [-0.05, 0) is 67.1 Å². The second-order valence-corrected chi connectivity index (χ2v) is 7.98. The minimum Gasteiger partial charge on any atom is -0.459 e. The molecule has 4 aromatic rings. The van der Waals surface area contributed by atoms with Crippen molar-refractivity contribution in [2.75, 3.05) is 16.0 Å². The SMILES string of the molecule is Cc1ccc(C(=O)Nc2ccc(Cl)cc2NC(=O)c2ccco2)cc1NC(=O)c1ccccc1F. The van der Waals surface area contributed by atoms with Crippen molar-refractivity contribution in [3.05, 3.63) is 112 Å². The Balaban J connectivity index is 1.54. The minimum absolute atomic E-state index is 0.0935. The van der Waals surface area contributed by atoms with Crippen LogP contribution in [0.1, 0.15) is 36.8 Å². The molecule has 0 spiro atoms. The standard InChI is InChI=1S/C26H19ClFN3O4/c1-15-8-9-16(13-21(15)30-25(33)18-5-2-3-6-19(18)28)24(32)29-20-11-10-17(27)14-22(20)31-26(34)23-7-4-12-35-23/h2-14H,1H3,(H,29,32)(H,30,33)(H,31,34). The van der Waals surface area contributed by atoms with Gasteiger partial charge < -0.3 is 20.4 Å². The zero-order chi connectivity index (χ0) is 24.9. The normalized spacial score (nSPS) is 10.5. The van der Waals surface area contributed by atoms with E-state index in [2.05, 4.69) is 16.0 Å². The van der Waals surface area contributed by atoms with Crippen LogP contribution in [0.3, 0.4) is 0 Å². The lowest BCUT2D eigenvalue weighted by molar-refractivity contribution is 0.0992. The van der Waals surface area contributed by atoms with E-state index in [1.54, 1.807) is 43.3 Å². The Morgan fingerprint density at radius 1 is 0.771 bits per heavy atom. The van der Waals surface area contributed by atoms with E-state index >= 15 is 0 Å². The molecule has 9 heteroatoms. The van der Waals surface area contributed by atoms with E-state index in [1.165, 1.54) is 42.7 Å². The van der Waals surface area contributed by atoms with Crippen molar-refractivity contribution < 1.29 is 23.2 Å². The molecule has 1 heterocycles. The van der Waals surface area contributed by atoms with E-state index in [0.717, 1.165) is 0 Å². The largest absolute Gasteiger partial charge is 0.459 e. The quantitative estimate of drug-likeness (QED) is 0.301. The first kappa shape index (κ1) is 23.7. The number of nitrogens with one attached hydrogen (secondary N) is 3. The molecule has 4 rings (SSSR count). The molecule has 0 bridgehead atoms. The molecule has 35 heavy (non-hydrogen) atoms. The highest BCUT2D eigenvalue weighted by Crippen LogP contribution is 2.28. The van der Waals surface area contributed by atoms with Crippen LogP contribution in [0, 0.1) is 12.7 Å². The van der Waals surface area contributed by atoms with Crippen molar-refractivity contribution in [2.24, 2.45) is 0 Å². The highest BCUT2D eigenvalue weighted by Gasteiger charge is 2.17. The fourth-order valence-corrected chi connectivity index (χ4v) is 3.42. The minimum atomic E-state index is -0.650. The molecule has 0 unspecified atom stereocenters. The van der Waals surface area contributed by atoms with Crippen LogP contribution in [-0.2, 0) is 0 Å². The highest BCUT2D eigenvalue weighted by atomic mass is 35.5. The predicted molar refractivity (Wildman–Crippen MR) is 132 cm³/mol. The molecule has 7 nitrogen and oxygen atoms in total. The number of furan rings is 1. The highest BCUT2D eigenvalue weighted by molar-refractivity contribution is 6.31. The molecule has 0 fully saturated rings. The first-order chi connectivity index (χ1) is 16.8. The molecule has 0 atom stereocenters. The second-order valence-electron chi connectivity index (χ2n) is 7.54. The van der Waals surface area contributed by atoms with Crippen molar-refractivity contribution in [3.8, 4) is 0 Å². The lowest BCUT2D eigenvalue weighted by atomic mass is 10.1. The van der Waals surface area contributed by atoms with Gasteiger partial charge in [-0.1, -0.05) is 29.8 Å². The Kier molecular flexibility index (Phi) is 6.93. The molecule has 0 saturated heterocycles. The molecular formula is C26H19ClFN3O4. The summed E-state index contributed by atoms with van der Waals surface area (Å²) in [4.78, 5) is 37.9. The summed E-state index contributed by atoms with van der Waals surface area (Å²) < 4.78 is 19.1. The molecule has 3 amide bonds. The number of benzene rings is 3. The number of carbonyl (C=O) groups excluding carboxylic acids is 3. The van der Waals surface area contributed by atoms with E-state index in [9.17, 15) is 18.8 Å². The first-order valence-corrected chi connectivity index (χ1v) is 10.8. The predicted octanol–water partition coefficient (Wildman–Crippen LogP) is 6.14. The summed E-state index contributed by atoms with van der Waals surface area (Å²) in [7, 11) is 0. The Hall–Kier alpha value is -4.43. The van der Waals surface area contributed by atoms with Gasteiger partial charge in [0.2, 0.25) is 0 Å². The van der Waals surface area contributed by atoms with Gasteiger partial charge in [0, 0.05) is 16.3 Å². The molecule has 3 aromatic carbocycles. The van der Waals surface area contributed by atoms with E-state index in [-0.39, 0.29) is 22.6 Å². The zero-order valence-corrected chi connectivity index (χ0v) is 19.2. The number of hydrogen-bond donors (Lipinski definition) is 3. The van der Waals surface area contributed by atoms with Crippen LogP contribution in [0.25, 0.3) is 0 Å². The third-order valence-electron chi connectivity index (χ3n) is 5.09. The fourth-order valence-electron chi connectivity index (χ4n) is 3.25. The molecule has 0 aliphatic heterocycles. The summed E-state index contributed by atoms with van der Waals surface area (Å²) in [5, 5.41) is 8.38. The van der Waals surface area contributed by atoms with E-state index in [0.29, 0.717) is 22.0 Å².